The Balaban J connectivity index is 1.90. The van der Waals surface area contributed by atoms with Gasteiger partial charge in [-0.25, -0.2) is 17.9 Å². The van der Waals surface area contributed by atoms with Crippen molar-refractivity contribution in [1.29, 1.82) is 0 Å². The second kappa shape index (κ2) is 6.15. The van der Waals surface area contributed by atoms with Crippen LogP contribution in [0.5, 0.6) is 0 Å². The number of fused-ring (bicyclic) bond motifs is 1. The van der Waals surface area contributed by atoms with E-state index in [9.17, 15) is 13.2 Å². The third-order valence-corrected chi connectivity index (χ3v) is 5.85. The predicted molar refractivity (Wildman–Crippen MR) is 88.5 cm³/mol. The average Bonchev–Trinajstić information content (AvgIpc) is 3.16. The Morgan fingerprint density at radius 3 is 2.83 bits per heavy atom. The maximum atomic E-state index is 12.5. The first-order valence-corrected chi connectivity index (χ1v) is 9.20. The molecule has 0 aliphatic rings. The van der Waals surface area contributed by atoms with Gasteiger partial charge in [-0.15, -0.1) is 11.3 Å². The maximum absolute atomic E-state index is 12.5. The fourth-order valence-electron chi connectivity index (χ4n) is 2.32. The van der Waals surface area contributed by atoms with Crippen LogP contribution in [0.25, 0.3) is 10.9 Å². The van der Waals surface area contributed by atoms with Crippen LogP contribution in [0.15, 0.2) is 46.8 Å². The van der Waals surface area contributed by atoms with Gasteiger partial charge in [0, 0.05) is 28.5 Å². The van der Waals surface area contributed by atoms with E-state index in [1.807, 2.05) is 17.5 Å². The van der Waals surface area contributed by atoms with Gasteiger partial charge < -0.3 is 10.1 Å². The fraction of sp³-hybridized carbons (Fsp3) is 0.133. The molecule has 0 atom stereocenters. The number of rotatable bonds is 6. The van der Waals surface area contributed by atoms with Gasteiger partial charge in [0.1, 0.15) is 0 Å². The molecular formula is C15H14N2O4S2. The topological polar surface area (TPSA) is 99.3 Å². The summed E-state index contributed by atoms with van der Waals surface area (Å²) in [6, 6.07) is 8.08. The number of sulfonamides is 1. The first-order valence-electron chi connectivity index (χ1n) is 6.84. The van der Waals surface area contributed by atoms with E-state index in [4.69, 9.17) is 5.11 Å². The van der Waals surface area contributed by atoms with Crippen molar-refractivity contribution in [2.45, 2.75) is 11.3 Å². The lowest BCUT2D eigenvalue weighted by molar-refractivity contribution is 0.0697. The molecule has 0 saturated heterocycles. The van der Waals surface area contributed by atoms with E-state index in [1.54, 1.807) is 23.6 Å². The van der Waals surface area contributed by atoms with Gasteiger partial charge in [-0.1, -0.05) is 6.07 Å². The second-order valence-electron chi connectivity index (χ2n) is 4.95. The summed E-state index contributed by atoms with van der Waals surface area (Å²) in [5, 5.41) is 11.6. The number of aromatic amines is 1. The van der Waals surface area contributed by atoms with Crippen LogP contribution in [0.2, 0.25) is 0 Å². The Bertz CT molecular complexity index is 943. The molecule has 6 nitrogen and oxygen atoms in total. The van der Waals surface area contributed by atoms with E-state index in [0.717, 1.165) is 4.88 Å². The fourth-order valence-corrected chi connectivity index (χ4v) is 4.30. The molecular weight excluding hydrogens is 336 g/mol. The molecule has 0 radical (unpaired) electrons. The number of aromatic carboxylic acids is 1. The van der Waals surface area contributed by atoms with Crippen molar-refractivity contribution >= 4 is 38.2 Å². The van der Waals surface area contributed by atoms with Gasteiger partial charge in [-0.05, 0) is 36.1 Å². The molecule has 0 aliphatic heterocycles. The third-order valence-electron chi connectivity index (χ3n) is 3.41. The number of carbonyl (C=O) groups is 1. The number of thiophene rings is 1. The number of H-pyrrole nitrogens is 1. The summed E-state index contributed by atoms with van der Waals surface area (Å²) < 4.78 is 27.6. The minimum Gasteiger partial charge on any atom is -0.478 e. The Kier molecular flexibility index (Phi) is 4.20. The molecule has 0 spiro atoms. The summed E-state index contributed by atoms with van der Waals surface area (Å²) in [4.78, 5) is 15.1. The first-order chi connectivity index (χ1) is 11.0. The number of nitrogens with one attached hydrogen (secondary N) is 2. The molecule has 3 N–H and O–H groups in total. The largest absolute Gasteiger partial charge is 0.478 e. The van der Waals surface area contributed by atoms with Crippen LogP contribution in [-0.4, -0.2) is 31.0 Å². The van der Waals surface area contributed by atoms with Gasteiger partial charge in [-0.3, -0.25) is 0 Å². The molecule has 2 heterocycles. The van der Waals surface area contributed by atoms with E-state index in [-0.39, 0.29) is 17.0 Å². The molecule has 0 bridgehead atoms. The number of hydrogen-bond acceptors (Lipinski definition) is 4. The predicted octanol–water partition coefficient (Wildman–Crippen LogP) is 2.45. The molecule has 0 fully saturated rings. The van der Waals surface area contributed by atoms with Crippen LogP contribution in [0.4, 0.5) is 0 Å². The van der Waals surface area contributed by atoms with Gasteiger partial charge in [0.2, 0.25) is 10.0 Å². The van der Waals surface area contributed by atoms with Crippen molar-refractivity contribution in [2.24, 2.45) is 0 Å². The molecule has 0 amide bonds. The quantitative estimate of drug-likeness (QED) is 0.636. The molecule has 0 unspecified atom stereocenters. The maximum Gasteiger partial charge on any atom is 0.335 e. The lowest BCUT2D eigenvalue weighted by Crippen LogP contribution is -2.26. The smallest absolute Gasteiger partial charge is 0.335 e. The van der Waals surface area contributed by atoms with Crippen LogP contribution < -0.4 is 4.72 Å². The zero-order valence-corrected chi connectivity index (χ0v) is 13.6. The van der Waals surface area contributed by atoms with Crippen LogP contribution in [0.3, 0.4) is 0 Å². The highest BCUT2D eigenvalue weighted by Crippen LogP contribution is 2.24. The van der Waals surface area contributed by atoms with E-state index in [0.29, 0.717) is 17.3 Å². The molecule has 0 saturated carbocycles. The lowest BCUT2D eigenvalue weighted by Gasteiger charge is -2.09. The van der Waals surface area contributed by atoms with Crippen LogP contribution >= 0.6 is 11.3 Å². The van der Waals surface area contributed by atoms with Gasteiger partial charge in [0.15, 0.2) is 0 Å². The zero-order valence-electron chi connectivity index (χ0n) is 11.9. The Labute approximate surface area is 136 Å². The Hall–Kier alpha value is -2.16. The molecule has 1 aromatic carbocycles. The summed E-state index contributed by atoms with van der Waals surface area (Å²) in [7, 11) is -3.79. The van der Waals surface area contributed by atoms with E-state index < -0.39 is 16.0 Å². The van der Waals surface area contributed by atoms with Crippen molar-refractivity contribution in [2.75, 3.05) is 6.54 Å². The number of carboxylic acids is 1. The highest BCUT2D eigenvalue weighted by atomic mass is 32.2. The molecule has 23 heavy (non-hydrogen) atoms. The molecule has 3 aromatic rings. The molecule has 3 rings (SSSR count). The SMILES string of the molecule is O=C(O)c1cc(S(=O)(=O)NCCc2cccs2)c2cc[nH]c2c1. The minimum atomic E-state index is -3.79. The minimum absolute atomic E-state index is 0.0279. The highest BCUT2D eigenvalue weighted by molar-refractivity contribution is 7.89. The normalized spacial score (nSPS) is 11.8. The van der Waals surface area contributed by atoms with Gasteiger partial charge in [0.05, 0.1) is 10.5 Å². The van der Waals surface area contributed by atoms with Gasteiger partial charge in [-0.2, -0.15) is 0 Å². The second-order valence-corrected chi connectivity index (χ2v) is 7.71. The van der Waals surface area contributed by atoms with Crippen molar-refractivity contribution in [3.8, 4) is 0 Å². The number of hydrogen-bond donors (Lipinski definition) is 3. The molecule has 120 valence electrons. The summed E-state index contributed by atoms with van der Waals surface area (Å²) >= 11 is 1.56. The molecule has 2 aromatic heterocycles. The Morgan fingerprint density at radius 1 is 1.30 bits per heavy atom. The van der Waals surface area contributed by atoms with Crippen LogP contribution in [0, 0.1) is 0 Å². The van der Waals surface area contributed by atoms with Crippen LogP contribution in [0.1, 0.15) is 15.2 Å². The van der Waals surface area contributed by atoms with Gasteiger partial charge in [0.25, 0.3) is 0 Å². The van der Waals surface area contributed by atoms with E-state index in [2.05, 4.69) is 9.71 Å². The van der Waals surface area contributed by atoms with Crippen molar-refractivity contribution in [3.63, 3.8) is 0 Å². The van der Waals surface area contributed by atoms with Crippen molar-refractivity contribution < 1.29 is 18.3 Å². The van der Waals surface area contributed by atoms with E-state index >= 15 is 0 Å². The number of aromatic nitrogens is 1. The summed E-state index contributed by atoms with van der Waals surface area (Å²) in [6.45, 7) is 0.256. The Morgan fingerprint density at radius 2 is 2.13 bits per heavy atom. The average molecular weight is 350 g/mol. The summed E-state index contributed by atoms with van der Waals surface area (Å²) in [6.07, 6.45) is 2.17. The number of carboxylic acid groups (broad SMARTS) is 1. The lowest BCUT2D eigenvalue weighted by atomic mass is 10.1. The van der Waals surface area contributed by atoms with Crippen LogP contribution in [-0.2, 0) is 16.4 Å². The van der Waals surface area contributed by atoms with E-state index in [1.165, 1.54) is 12.1 Å². The highest BCUT2D eigenvalue weighted by Gasteiger charge is 2.20. The zero-order chi connectivity index (χ0) is 16.4. The first kappa shape index (κ1) is 15.7. The summed E-state index contributed by atoms with van der Waals surface area (Å²) in [5.41, 5.74) is 0.405. The standard InChI is InChI=1S/C15H14N2O4S2/c18-15(19)10-8-13-12(4-5-16-13)14(9-10)23(20,21)17-6-3-11-2-1-7-22-11/h1-2,4-5,7-9,16-17H,3,6H2,(H,18,19). The summed E-state index contributed by atoms with van der Waals surface area (Å²) in [5.74, 6) is -1.17. The van der Waals surface area contributed by atoms with Gasteiger partial charge >= 0.3 is 5.97 Å². The molecule has 8 heteroatoms. The van der Waals surface area contributed by atoms with Crippen molar-refractivity contribution in [3.05, 3.63) is 52.3 Å². The van der Waals surface area contributed by atoms with Crippen molar-refractivity contribution in [1.82, 2.24) is 9.71 Å². The third kappa shape index (κ3) is 3.29. The molecule has 0 aliphatic carbocycles. The monoisotopic (exact) mass is 350 g/mol. The number of benzene rings is 1.